The van der Waals surface area contributed by atoms with Gasteiger partial charge < -0.3 is 4.98 Å². The number of H-pyrrole nitrogens is 1. The molecule has 29 heavy (non-hydrogen) atoms. The Labute approximate surface area is 177 Å². The van der Waals surface area contributed by atoms with Crippen LogP contribution >= 0.6 is 15.9 Å². The summed E-state index contributed by atoms with van der Waals surface area (Å²) in [6.07, 6.45) is 1.68. The number of para-hydroxylation sites is 2. The largest absolute Gasteiger partial charge is 0.324 e. The highest BCUT2D eigenvalue weighted by atomic mass is 79.9. The van der Waals surface area contributed by atoms with Gasteiger partial charge in [-0.3, -0.25) is 10.1 Å². The molecule has 1 aromatic heterocycles. The predicted octanol–water partition coefficient (Wildman–Crippen LogP) is 4.00. The highest BCUT2D eigenvalue weighted by Crippen LogP contribution is 2.27. The molecule has 1 amide bonds. The normalized spacial score (nSPS) is 16.2. The number of amides is 1. The number of fused-ring (bicyclic) bond motifs is 1. The molecule has 0 spiro atoms. The second-order valence-corrected chi connectivity index (χ2v) is 10.2. The van der Waals surface area contributed by atoms with Gasteiger partial charge in [-0.2, -0.15) is 4.31 Å². The Morgan fingerprint density at radius 3 is 2.66 bits per heavy atom. The van der Waals surface area contributed by atoms with Gasteiger partial charge in [-0.05, 0) is 49.1 Å². The fourth-order valence-electron chi connectivity index (χ4n) is 3.41. The number of halogens is 1. The molecule has 9 heteroatoms. The lowest BCUT2D eigenvalue weighted by Gasteiger charge is -2.29. The van der Waals surface area contributed by atoms with E-state index in [1.165, 1.54) is 16.4 Å². The van der Waals surface area contributed by atoms with Crippen molar-refractivity contribution in [1.82, 2.24) is 14.3 Å². The van der Waals surface area contributed by atoms with Crippen molar-refractivity contribution in [3.05, 3.63) is 52.5 Å². The summed E-state index contributed by atoms with van der Waals surface area (Å²) in [4.78, 5) is 20.2. The van der Waals surface area contributed by atoms with Crippen LogP contribution in [-0.4, -0.2) is 41.7 Å². The zero-order chi connectivity index (χ0) is 20.6. The van der Waals surface area contributed by atoms with Crippen molar-refractivity contribution in [3.8, 4) is 0 Å². The van der Waals surface area contributed by atoms with E-state index < -0.39 is 15.9 Å². The van der Waals surface area contributed by atoms with E-state index in [1.807, 2.05) is 24.3 Å². The molecule has 0 unspecified atom stereocenters. The van der Waals surface area contributed by atoms with Crippen molar-refractivity contribution in [2.75, 3.05) is 18.4 Å². The number of hydrogen-bond acceptors (Lipinski definition) is 4. The molecule has 1 fully saturated rings. The third-order valence-corrected chi connectivity index (χ3v) is 7.47. The number of rotatable bonds is 4. The standard InChI is InChI=1S/C20H21BrN4O3S/c1-13-6-8-25(9-7-13)29(27,28)16-11-14(10-15(21)12-16)19(26)24-20-22-17-4-2-3-5-18(17)23-20/h2-5,10-13H,6-9H2,1H3,(H2,22,23,24,26). The molecule has 2 heterocycles. The number of carbonyl (C=O) groups excluding carboxylic acids is 1. The van der Waals surface area contributed by atoms with Crippen molar-refractivity contribution in [2.45, 2.75) is 24.7 Å². The SMILES string of the molecule is CC1CCN(S(=O)(=O)c2cc(Br)cc(C(=O)Nc3nc4ccccc4[nH]3)c2)CC1. The van der Waals surface area contributed by atoms with E-state index in [0.717, 1.165) is 23.9 Å². The Morgan fingerprint density at radius 1 is 1.21 bits per heavy atom. The van der Waals surface area contributed by atoms with Crippen molar-refractivity contribution >= 4 is 48.8 Å². The molecule has 1 aliphatic heterocycles. The average Bonchev–Trinajstić information content (AvgIpc) is 3.10. The van der Waals surface area contributed by atoms with Crippen LogP contribution in [0.3, 0.4) is 0 Å². The van der Waals surface area contributed by atoms with Crippen LogP contribution in [0.1, 0.15) is 30.1 Å². The summed E-state index contributed by atoms with van der Waals surface area (Å²) in [6, 6.07) is 12.0. The van der Waals surface area contributed by atoms with E-state index in [-0.39, 0.29) is 10.5 Å². The molecule has 0 saturated carbocycles. The Morgan fingerprint density at radius 2 is 1.93 bits per heavy atom. The molecule has 0 aliphatic carbocycles. The quantitative estimate of drug-likeness (QED) is 0.594. The van der Waals surface area contributed by atoms with Gasteiger partial charge in [-0.25, -0.2) is 13.4 Å². The Bertz CT molecular complexity index is 1130. The molecule has 1 aliphatic rings. The topological polar surface area (TPSA) is 95.2 Å². The summed E-state index contributed by atoms with van der Waals surface area (Å²) in [6.45, 7) is 3.12. The number of imidazole rings is 1. The van der Waals surface area contributed by atoms with Crippen LogP contribution in [0.15, 0.2) is 51.8 Å². The van der Waals surface area contributed by atoms with Crippen molar-refractivity contribution in [3.63, 3.8) is 0 Å². The first-order valence-electron chi connectivity index (χ1n) is 9.40. The number of aromatic nitrogens is 2. The highest BCUT2D eigenvalue weighted by Gasteiger charge is 2.29. The predicted molar refractivity (Wildman–Crippen MR) is 115 cm³/mol. The minimum atomic E-state index is -3.66. The van der Waals surface area contributed by atoms with Gasteiger partial charge in [0, 0.05) is 23.1 Å². The summed E-state index contributed by atoms with van der Waals surface area (Å²) in [5.41, 5.74) is 1.78. The molecular formula is C20H21BrN4O3S. The van der Waals surface area contributed by atoms with Crippen LogP contribution in [0.25, 0.3) is 11.0 Å². The number of piperidine rings is 1. The fraction of sp³-hybridized carbons (Fsp3) is 0.300. The third kappa shape index (κ3) is 4.22. The van der Waals surface area contributed by atoms with E-state index in [1.54, 1.807) is 6.07 Å². The number of nitrogens with zero attached hydrogens (tertiary/aromatic N) is 2. The molecule has 0 atom stereocenters. The molecule has 152 valence electrons. The molecule has 1 saturated heterocycles. The first kappa shape index (κ1) is 20.1. The van der Waals surface area contributed by atoms with E-state index in [4.69, 9.17) is 0 Å². The van der Waals surface area contributed by atoms with Gasteiger partial charge in [0.2, 0.25) is 16.0 Å². The summed E-state index contributed by atoms with van der Waals surface area (Å²) in [5.74, 6) is 0.397. The number of carbonyl (C=O) groups is 1. The van der Waals surface area contributed by atoms with Gasteiger partial charge in [-0.1, -0.05) is 35.0 Å². The van der Waals surface area contributed by atoms with Crippen molar-refractivity contribution < 1.29 is 13.2 Å². The monoisotopic (exact) mass is 476 g/mol. The maximum absolute atomic E-state index is 13.1. The van der Waals surface area contributed by atoms with E-state index >= 15 is 0 Å². The number of nitrogens with one attached hydrogen (secondary N) is 2. The van der Waals surface area contributed by atoms with Gasteiger partial charge in [-0.15, -0.1) is 0 Å². The molecular weight excluding hydrogens is 456 g/mol. The molecule has 2 N–H and O–H groups in total. The minimum absolute atomic E-state index is 0.108. The van der Waals surface area contributed by atoms with Crippen molar-refractivity contribution in [2.24, 2.45) is 5.92 Å². The number of aromatic amines is 1. The highest BCUT2D eigenvalue weighted by molar-refractivity contribution is 9.10. The smallest absolute Gasteiger partial charge is 0.258 e. The first-order valence-corrected chi connectivity index (χ1v) is 11.6. The summed E-state index contributed by atoms with van der Waals surface area (Å²) in [7, 11) is -3.66. The number of hydrogen-bond donors (Lipinski definition) is 2. The molecule has 4 rings (SSSR count). The van der Waals surface area contributed by atoms with Gasteiger partial charge in [0.1, 0.15) is 0 Å². The van der Waals surface area contributed by atoms with Gasteiger partial charge in [0.15, 0.2) is 0 Å². The maximum Gasteiger partial charge on any atom is 0.258 e. The number of benzene rings is 2. The summed E-state index contributed by atoms with van der Waals surface area (Å²) >= 11 is 3.33. The van der Waals surface area contributed by atoms with Crippen LogP contribution < -0.4 is 5.32 Å². The lowest BCUT2D eigenvalue weighted by Crippen LogP contribution is -2.38. The minimum Gasteiger partial charge on any atom is -0.324 e. The zero-order valence-corrected chi connectivity index (χ0v) is 18.3. The zero-order valence-electron chi connectivity index (χ0n) is 15.9. The van der Waals surface area contributed by atoms with Gasteiger partial charge in [0.25, 0.3) is 5.91 Å². The first-order chi connectivity index (χ1) is 13.8. The number of sulfonamides is 1. The van der Waals surface area contributed by atoms with E-state index in [2.05, 4.69) is 38.1 Å². The second-order valence-electron chi connectivity index (χ2n) is 7.32. The molecule has 2 aromatic carbocycles. The van der Waals surface area contributed by atoms with Crippen LogP contribution in [-0.2, 0) is 10.0 Å². The Hall–Kier alpha value is -2.23. The van der Waals surface area contributed by atoms with Crippen LogP contribution in [0.2, 0.25) is 0 Å². The third-order valence-electron chi connectivity index (χ3n) is 5.14. The summed E-state index contributed by atoms with van der Waals surface area (Å²) in [5, 5.41) is 2.70. The van der Waals surface area contributed by atoms with Crippen LogP contribution in [0, 0.1) is 5.92 Å². The Kier molecular flexibility index (Phi) is 5.46. The van der Waals surface area contributed by atoms with E-state index in [9.17, 15) is 13.2 Å². The Balaban J connectivity index is 1.59. The van der Waals surface area contributed by atoms with Gasteiger partial charge >= 0.3 is 0 Å². The van der Waals surface area contributed by atoms with E-state index in [0.29, 0.717) is 29.4 Å². The lowest BCUT2D eigenvalue weighted by atomic mass is 10.0. The van der Waals surface area contributed by atoms with Gasteiger partial charge in [0.05, 0.1) is 15.9 Å². The fourth-order valence-corrected chi connectivity index (χ4v) is 5.60. The second kappa shape index (κ2) is 7.89. The van der Waals surface area contributed by atoms with Crippen LogP contribution in [0.5, 0.6) is 0 Å². The molecule has 0 bridgehead atoms. The average molecular weight is 477 g/mol. The number of anilines is 1. The summed E-state index contributed by atoms with van der Waals surface area (Å²) < 4.78 is 28.1. The lowest BCUT2D eigenvalue weighted by molar-refractivity contribution is 0.102. The van der Waals surface area contributed by atoms with Crippen LogP contribution in [0.4, 0.5) is 5.95 Å². The molecule has 3 aromatic rings. The van der Waals surface area contributed by atoms with Crippen molar-refractivity contribution in [1.29, 1.82) is 0 Å². The molecule has 7 nitrogen and oxygen atoms in total. The molecule has 0 radical (unpaired) electrons. The maximum atomic E-state index is 13.1.